The van der Waals surface area contributed by atoms with Crippen LogP contribution in [-0.2, 0) is 10.0 Å². The molecule has 0 aliphatic carbocycles. The van der Waals surface area contributed by atoms with Crippen LogP contribution in [0.25, 0.3) is 0 Å². The van der Waals surface area contributed by atoms with Crippen molar-refractivity contribution < 1.29 is 17.9 Å². The van der Waals surface area contributed by atoms with Gasteiger partial charge < -0.3 is 4.74 Å². The van der Waals surface area contributed by atoms with Crippen LogP contribution >= 0.6 is 11.3 Å². The molecule has 0 aromatic carbocycles. The van der Waals surface area contributed by atoms with Gasteiger partial charge in [-0.15, -0.1) is 11.3 Å². The SMILES string of the molecule is CCOc1ccsc1C(=O)NS(C)(=O)=O. The van der Waals surface area contributed by atoms with Crippen molar-refractivity contribution in [2.45, 2.75) is 6.92 Å². The van der Waals surface area contributed by atoms with Gasteiger partial charge in [-0.1, -0.05) is 0 Å². The van der Waals surface area contributed by atoms with Crippen LogP contribution in [0.15, 0.2) is 11.4 Å². The van der Waals surface area contributed by atoms with E-state index >= 15 is 0 Å². The largest absolute Gasteiger partial charge is 0.492 e. The first kappa shape index (κ1) is 12.0. The second-order valence-corrected chi connectivity index (χ2v) is 5.41. The molecule has 1 rings (SSSR count). The lowest BCUT2D eigenvalue weighted by Gasteiger charge is -2.04. The van der Waals surface area contributed by atoms with Gasteiger partial charge in [0.15, 0.2) is 0 Å². The third-order valence-corrected chi connectivity index (χ3v) is 2.86. The molecule has 0 aliphatic heterocycles. The molecule has 5 nitrogen and oxygen atoms in total. The smallest absolute Gasteiger partial charge is 0.278 e. The average molecular weight is 249 g/mol. The molecule has 7 heteroatoms. The number of thiophene rings is 1. The summed E-state index contributed by atoms with van der Waals surface area (Å²) in [6.45, 7) is 2.21. The summed E-state index contributed by atoms with van der Waals surface area (Å²) in [4.78, 5) is 11.7. The Bertz CT molecular complexity index is 449. The molecule has 1 amide bonds. The van der Waals surface area contributed by atoms with Crippen LogP contribution in [0.3, 0.4) is 0 Å². The zero-order valence-electron chi connectivity index (χ0n) is 8.31. The highest BCUT2D eigenvalue weighted by Gasteiger charge is 2.17. The first-order valence-electron chi connectivity index (χ1n) is 4.16. The molecule has 0 fully saturated rings. The molecule has 0 unspecified atom stereocenters. The van der Waals surface area contributed by atoms with Gasteiger partial charge in [0.25, 0.3) is 5.91 Å². The summed E-state index contributed by atoms with van der Waals surface area (Å²) in [5.74, 6) is -0.250. The van der Waals surface area contributed by atoms with Gasteiger partial charge in [-0.25, -0.2) is 13.1 Å². The minimum Gasteiger partial charge on any atom is -0.492 e. The van der Waals surface area contributed by atoms with Gasteiger partial charge in [0.2, 0.25) is 10.0 Å². The lowest BCUT2D eigenvalue weighted by atomic mass is 10.4. The average Bonchev–Trinajstić information content (AvgIpc) is 2.49. The fraction of sp³-hybridized carbons (Fsp3) is 0.375. The fourth-order valence-electron chi connectivity index (χ4n) is 0.947. The summed E-state index contributed by atoms with van der Waals surface area (Å²) in [5, 5.41) is 1.67. The molecule has 0 saturated carbocycles. The molecule has 1 aromatic rings. The molecule has 0 bridgehead atoms. The maximum atomic E-state index is 11.5. The number of ether oxygens (including phenoxy) is 1. The minimum absolute atomic E-state index is 0.266. The summed E-state index contributed by atoms with van der Waals surface area (Å²) in [7, 11) is -3.53. The maximum Gasteiger partial charge on any atom is 0.278 e. The standard InChI is InChI=1S/C8H11NO4S2/c1-3-13-6-4-5-14-7(6)8(10)9-15(2,11)12/h4-5H,3H2,1-2H3,(H,9,10). The molecule has 0 spiro atoms. The van der Waals surface area contributed by atoms with E-state index in [9.17, 15) is 13.2 Å². The number of sulfonamides is 1. The highest BCUT2D eigenvalue weighted by Crippen LogP contribution is 2.24. The van der Waals surface area contributed by atoms with E-state index in [1.165, 1.54) is 0 Å². The quantitative estimate of drug-likeness (QED) is 0.858. The van der Waals surface area contributed by atoms with Crippen molar-refractivity contribution in [1.29, 1.82) is 0 Å². The zero-order chi connectivity index (χ0) is 11.5. The van der Waals surface area contributed by atoms with Crippen molar-refractivity contribution in [3.8, 4) is 5.75 Å². The van der Waals surface area contributed by atoms with Crippen LogP contribution in [-0.4, -0.2) is 27.2 Å². The number of amides is 1. The van der Waals surface area contributed by atoms with E-state index in [0.717, 1.165) is 17.6 Å². The van der Waals surface area contributed by atoms with Crippen molar-refractivity contribution in [2.75, 3.05) is 12.9 Å². The fourth-order valence-corrected chi connectivity index (χ4v) is 2.18. The van der Waals surface area contributed by atoms with Gasteiger partial charge >= 0.3 is 0 Å². The van der Waals surface area contributed by atoms with E-state index in [0.29, 0.717) is 12.4 Å². The Balaban J connectivity index is 2.87. The van der Waals surface area contributed by atoms with Crippen LogP contribution < -0.4 is 9.46 Å². The number of nitrogens with one attached hydrogen (secondary N) is 1. The maximum absolute atomic E-state index is 11.5. The summed E-state index contributed by atoms with van der Waals surface area (Å²) >= 11 is 1.14. The van der Waals surface area contributed by atoms with Gasteiger partial charge in [-0.2, -0.15) is 0 Å². The molecule has 15 heavy (non-hydrogen) atoms. The van der Waals surface area contributed by atoms with Gasteiger partial charge in [0.05, 0.1) is 12.9 Å². The summed E-state index contributed by atoms with van der Waals surface area (Å²) in [6.07, 6.45) is 0.929. The van der Waals surface area contributed by atoms with Crippen LogP contribution in [0, 0.1) is 0 Å². The van der Waals surface area contributed by atoms with Crippen LogP contribution in [0.5, 0.6) is 5.75 Å². The lowest BCUT2D eigenvalue weighted by molar-refractivity contribution is 0.0982. The van der Waals surface area contributed by atoms with Crippen molar-refractivity contribution in [3.63, 3.8) is 0 Å². The van der Waals surface area contributed by atoms with E-state index in [2.05, 4.69) is 0 Å². The highest BCUT2D eigenvalue weighted by atomic mass is 32.2. The molecular formula is C8H11NO4S2. The molecule has 0 radical (unpaired) electrons. The molecule has 0 aliphatic rings. The number of hydrogen-bond acceptors (Lipinski definition) is 5. The first-order chi connectivity index (χ1) is 6.94. The van der Waals surface area contributed by atoms with Gasteiger partial charge in [-0.3, -0.25) is 4.79 Å². The van der Waals surface area contributed by atoms with Crippen LogP contribution in [0.2, 0.25) is 0 Å². The number of rotatable bonds is 4. The summed E-state index contributed by atoms with van der Waals surface area (Å²) in [6, 6.07) is 1.63. The van der Waals surface area contributed by atoms with E-state index < -0.39 is 15.9 Å². The van der Waals surface area contributed by atoms with Crippen molar-refractivity contribution in [1.82, 2.24) is 4.72 Å². The van der Waals surface area contributed by atoms with Crippen molar-refractivity contribution in [2.24, 2.45) is 0 Å². The Labute approximate surface area is 92.1 Å². The van der Waals surface area contributed by atoms with E-state index in [4.69, 9.17) is 4.74 Å². The normalized spacial score (nSPS) is 11.1. The van der Waals surface area contributed by atoms with Crippen molar-refractivity contribution in [3.05, 3.63) is 16.3 Å². The molecule has 1 N–H and O–H groups in total. The Hall–Kier alpha value is -1.08. The van der Waals surface area contributed by atoms with E-state index in [1.54, 1.807) is 18.4 Å². The van der Waals surface area contributed by atoms with Gasteiger partial charge in [0.1, 0.15) is 10.6 Å². The molecule has 1 aromatic heterocycles. The summed E-state index contributed by atoms with van der Waals surface area (Å²) < 4.78 is 28.7. The minimum atomic E-state index is -3.53. The van der Waals surface area contributed by atoms with Crippen molar-refractivity contribution >= 4 is 27.3 Å². The lowest BCUT2D eigenvalue weighted by Crippen LogP contribution is -2.28. The van der Waals surface area contributed by atoms with Gasteiger partial charge in [0, 0.05) is 0 Å². The van der Waals surface area contributed by atoms with E-state index in [1.807, 2.05) is 4.72 Å². The predicted octanol–water partition coefficient (Wildman–Crippen LogP) is 0.836. The monoisotopic (exact) mass is 249 g/mol. The number of carbonyl (C=O) groups excluding carboxylic acids is 1. The molecule has 84 valence electrons. The second kappa shape index (κ2) is 4.63. The van der Waals surface area contributed by atoms with Gasteiger partial charge in [-0.05, 0) is 18.4 Å². The molecular weight excluding hydrogens is 238 g/mol. The third kappa shape index (κ3) is 3.52. The number of hydrogen-bond donors (Lipinski definition) is 1. The third-order valence-electron chi connectivity index (χ3n) is 1.41. The first-order valence-corrected chi connectivity index (χ1v) is 6.93. The Morgan fingerprint density at radius 1 is 1.60 bits per heavy atom. The number of carbonyl (C=O) groups is 1. The molecule has 0 saturated heterocycles. The molecule has 0 atom stereocenters. The van der Waals surface area contributed by atoms with Crippen LogP contribution in [0.4, 0.5) is 0 Å². The van der Waals surface area contributed by atoms with E-state index in [-0.39, 0.29) is 4.88 Å². The highest BCUT2D eigenvalue weighted by molar-refractivity contribution is 7.89. The topological polar surface area (TPSA) is 72.5 Å². The predicted molar refractivity (Wildman–Crippen MR) is 57.8 cm³/mol. The Morgan fingerprint density at radius 2 is 2.27 bits per heavy atom. The molecule has 1 heterocycles. The summed E-state index contributed by atoms with van der Waals surface area (Å²) in [5.41, 5.74) is 0. The Kier molecular flexibility index (Phi) is 3.70. The zero-order valence-corrected chi connectivity index (χ0v) is 9.94. The van der Waals surface area contributed by atoms with Crippen LogP contribution in [0.1, 0.15) is 16.6 Å². The second-order valence-electron chi connectivity index (χ2n) is 2.75. The Morgan fingerprint density at radius 3 is 2.80 bits per heavy atom.